The maximum atomic E-state index is 13.2. The van der Waals surface area contributed by atoms with Gasteiger partial charge in [0.05, 0.1) is 12.7 Å². The first-order chi connectivity index (χ1) is 10.1. The number of aliphatic hydroxyl groups excluding tert-OH is 2. The van der Waals surface area contributed by atoms with Gasteiger partial charge < -0.3 is 20.7 Å². The fourth-order valence-electron chi connectivity index (χ4n) is 2.10. The standard InChI is InChI=1S/C12H12FN5O3/c13-12-16-10(14)9-11(17-12)18(5-15-9)2-1-6-3-7(20)8(4-19)21-6/h5-8,19-20H,3-4H2,(H2,14,16,17)/t6-,7-,8+/m0/s1. The number of aromatic nitrogens is 4. The van der Waals surface area contributed by atoms with E-state index in [4.69, 9.17) is 15.6 Å². The van der Waals surface area contributed by atoms with E-state index in [1.165, 1.54) is 10.9 Å². The van der Waals surface area contributed by atoms with E-state index >= 15 is 0 Å². The van der Waals surface area contributed by atoms with Crippen molar-refractivity contribution in [2.45, 2.75) is 24.7 Å². The second-order valence-corrected chi connectivity index (χ2v) is 4.57. The molecule has 0 aromatic carbocycles. The first-order valence-corrected chi connectivity index (χ1v) is 6.20. The zero-order valence-corrected chi connectivity index (χ0v) is 10.8. The summed E-state index contributed by atoms with van der Waals surface area (Å²) >= 11 is 0. The van der Waals surface area contributed by atoms with Gasteiger partial charge in [-0.2, -0.15) is 14.4 Å². The number of nitrogens with two attached hydrogens (primary N) is 1. The number of hydrogen-bond donors (Lipinski definition) is 3. The SMILES string of the molecule is Nc1nc(F)nc2c1ncn2C#C[C@H]1C[C@H](O)[C@@H](CO)O1. The predicted molar refractivity (Wildman–Crippen MR) is 69.2 cm³/mol. The Balaban J connectivity index is 1.88. The van der Waals surface area contributed by atoms with E-state index in [9.17, 15) is 9.50 Å². The van der Waals surface area contributed by atoms with E-state index in [-0.39, 0.29) is 30.0 Å². The third-order valence-corrected chi connectivity index (χ3v) is 3.15. The summed E-state index contributed by atoms with van der Waals surface area (Å²) in [5.74, 6) is 2.70. The number of halogens is 1. The number of aliphatic hydroxyl groups is 2. The number of anilines is 1. The molecule has 1 aliphatic heterocycles. The molecule has 8 nitrogen and oxygen atoms in total. The smallest absolute Gasteiger partial charge is 0.312 e. The van der Waals surface area contributed by atoms with E-state index in [0.717, 1.165) is 0 Å². The van der Waals surface area contributed by atoms with Crippen LogP contribution in [-0.4, -0.2) is 54.7 Å². The van der Waals surface area contributed by atoms with Gasteiger partial charge in [0.1, 0.15) is 18.5 Å². The van der Waals surface area contributed by atoms with Gasteiger partial charge in [-0.1, -0.05) is 0 Å². The summed E-state index contributed by atoms with van der Waals surface area (Å²) in [5, 5.41) is 18.6. The molecule has 2 aromatic rings. The van der Waals surface area contributed by atoms with Crippen LogP contribution in [0.3, 0.4) is 0 Å². The summed E-state index contributed by atoms with van der Waals surface area (Å²) in [7, 11) is 0. The van der Waals surface area contributed by atoms with Gasteiger partial charge in [0.2, 0.25) is 0 Å². The van der Waals surface area contributed by atoms with Crippen LogP contribution < -0.4 is 5.73 Å². The number of nitrogen functional groups attached to an aromatic ring is 1. The molecule has 1 saturated heterocycles. The van der Waals surface area contributed by atoms with E-state index in [2.05, 4.69) is 26.9 Å². The topological polar surface area (TPSA) is 119 Å². The summed E-state index contributed by atoms with van der Waals surface area (Å²) in [6.07, 6.45) is -1.26. The molecule has 0 bridgehead atoms. The van der Waals surface area contributed by atoms with E-state index in [1.54, 1.807) is 0 Å². The molecular formula is C12H12FN5O3. The molecule has 0 radical (unpaired) electrons. The molecule has 1 fully saturated rings. The van der Waals surface area contributed by atoms with Crippen molar-refractivity contribution in [1.82, 2.24) is 19.5 Å². The van der Waals surface area contributed by atoms with Crippen LogP contribution in [0, 0.1) is 18.0 Å². The lowest BCUT2D eigenvalue weighted by molar-refractivity contribution is -0.00872. The quantitative estimate of drug-likeness (QED) is 0.449. The third-order valence-electron chi connectivity index (χ3n) is 3.15. The minimum atomic E-state index is -0.962. The van der Waals surface area contributed by atoms with Crippen molar-refractivity contribution in [3.63, 3.8) is 0 Å². The van der Waals surface area contributed by atoms with Crippen LogP contribution in [0.2, 0.25) is 0 Å². The highest BCUT2D eigenvalue weighted by atomic mass is 19.1. The van der Waals surface area contributed by atoms with Crippen molar-refractivity contribution in [2.24, 2.45) is 0 Å². The summed E-state index contributed by atoms with van der Waals surface area (Å²) in [6, 6.07) is 2.70. The normalized spacial score (nSPS) is 25.0. The first kappa shape index (κ1) is 13.7. The van der Waals surface area contributed by atoms with Gasteiger partial charge in [0.25, 0.3) is 0 Å². The summed E-state index contributed by atoms with van der Waals surface area (Å²) in [6.45, 7) is -0.275. The lowest BCUT2D eigenvalue weighted by atomic mass is 10.1. The minimum Gasteiger partial charge on any atom is -0.394 e. The van der Waals surface area contributed by atoms with Crippen LogP contribution in [0.25, 0.3) is 11.2 Å². The molecule has 9 heteroatoms. The molecular weight excluding hydrogens is 281 g/mol. The van der Waals surface area contributed by atoms with Crippen LogP contribution >= 0.6 is 0 Å². The Labute approximate surface area is 118 Å². The van der Waals surface area contributed by atoms with Crippen molar-refractivity contribution in [1.29, 1.82) is 0 Å². The Kier molecular flexibility index (Phi) is 3.42. The fourth-order valence-corrected chi connectivity index (χ4v) is 2.10. The van der Waals surface area contributed by atoms with Crippen molar-refractivity contribution < 1.29 is 19.3 Å². The van der Waals surface area contributed by atoms with Gasteiger partial charge in [-0.15, -0.1) is 0 Å². The lowest BCUT2D eigenvalue weighted by Gasteiger charge is -2.08. The molecule has 0 aliphatic carbocycles. The molecule has 3 heterocycles. The Morgan fingerprint density at radius 2 is 2.33 bits per heavy atom. The van der Waals surface area contributed by atoms with Crippen LogP contribution in [-0.2, 0) is 4.74 Å². The van der Waals surface area contributed by atoms with Crippen LogP contribution in [0.15, 0.2) is 6.33 Å². The van der Waals surface area contributed by atoms with Crippen LogP contribution in [0.5, 0.6) is 0 Å². The molecule has 0 unspecified atom stereocenters. The van der Waals surface area contributed by atoms with Gasteiger partial charge in [0.15, 0.2) is 17.0 Å². The van der Waals surface area contributed by atoms with Crippen molar-refractivity contribution in [3.8, 4) is 12.0 Å². The Hall–Kier alpha value is -2.28. The molecule has 0 amide bonds. The summed E-state index contributed by atoms with van der Waals surface area (Å²) in [5.41, 5.74) is 5.96. The number of rotatable bonds is 1. The maximum absolute atomic E-state index is 13.2. The number of nitrogens with zero attached hydrogens (tertiary/aromatic N) is 4. The molecule has 4 N–H and O–H groups in total. The Morgan fingerprint density at radius 3 is 3.05 bits per heavy atom. The van der Waals surface area contributed by atoms with Gasteiger partial charge in [-0.3, -0.25) is 0 Å². The number of ether oxygens (including phenoxy) is 1. The fraction of sp³-hybridized carbons (Fsp3) is 0.417. The molecule has 21 heavy (non-hydrogen) atoms. The summed E-state index contributed by atoms with van der Waals surface area (Å²) < 4.78 is 19.8. The van der Waals surface area contributed by atoms with Gasteiger partial charge in [-0.05, 0) is 5.92 Å². The highest BCUT2D eigenvalue weighted by Crippen LogP contribution is 2.20. The minimum absolute atomic E-state index is 0.0640. The van der Waals surface area contributed by atoms with Gasteiger partial charge in [-0.25, -0.2) is 9.55 Å². The average molecular weight is 293 g/mol. The molecule has 1 aliphatic rings. The van der Waals surface area contributed by atoms with Crippen molar-refractivity contribution >= 4 is 17.0 Å². The number of imidazole rings is 1. The first-order valence-electron chi connectivity index (χ1n) is 6.20. The van der Waals surface area contributed by atoms with E-state index in [1.807, 2.05) is 0 Å². The molecule has 0 saturated carbocycles. The van der Waals surface area contributed by atoms with Gasteiger partial charge in [0, 0.05) is 12.5 Å². The predicted octanol–water partition coefficient (Wildman–Crippen LogP) is -1.13. The lowest BCUT2D eigenvalue weighted by Crippen LogP contribution is -2.24. The number of fused-ring (bicyclic) bond motifs is 1. The molecule has 2 aromatic heterocycles. The monoisotopic (exact) mass is 293 g/mol. The number of hydrogen-bond acceptors (Lipinski definition) is 7. The van der Waals surface area contributed by atoms with E-state index < -0.39 is 24.4 Å². The molecule has 3 atom stereocenters. The Bertz CT molecular complexity index is 738. The Morgan fingerprint density at radius 1 is 1.52 bits per heavy atom. The average Bonchev–Trinajstić information content (AvgIpc) is 3.00. The van der Waals surface area contributed by atoms with Crippen molar-refractivity contribution in [2.75, 3.05) is 12.3 Å². The zero-order chi connectivity index (χ0) is 15.0. The second kappa shape index (κ2) is 5.25. The molecule has 0 spiro atoms. The molecule has 110 valence electrons. The second-order valence-electron chi connectivity index (χ2n) is 4.57. The summed E-state index contributed by atoms with van der Waals surface area (Å²) in [4.78, 5) is 10.9. The highest BCUT2D eigenvalue weighted by molar-refractivity contribution is 5.81. The van der Waals surface area contributed by atoms with Gasteiger partial charge >= 0.3 is 6.08 Å². The van der Waals surface area contributed by atoms with Crippen LogP contribution in [0.1, 0.15) is 6.42 Å². The zero-order valence-electron chi connectivity index (χ0n) is 10.8. The van der Waals surface area contributed by atoms with E-state index in [0.29, 0.717) is 0 Å². The largest absolute Gasteiger partial charge is 0.394 e. The highest BCUT2D eigenvalue weighted by Gasteiger charge is 2.32. The van der Waals surface area contributed by atoms with Crippen LogP contribution in [0.4, 0.5) is 10.2 Å². The molecule has 3 rings (SSSR count). The maximum Gasteiger partial charge on any atom is 0.312 e. The van der Waals surface area contributed by atoms with Crippen molar-refractivity contribution in [3.05, 3.63) is 12.4 Å². The third kappa shape index (κ3) is 2.52.